The molecule has 0 saturated heterocycles. The average molecular weight is 320 g/mol. The van der Waals surface area contributed by atoms with Gasteiger partial charge in [0, 0.05) is 6.04 Å². The minimum Gasteiger partial charge on any atom is -0.465 e. The fraction of sp³-hybridized carbons (Fsp3) is 0.375. The number of hydrogen-bond acceptors (Lipinski definition) is 3. The van der Waals surface area contributed by atoms with E-state index in [1.54, 1.807) is 10.9 Å². The zero-order valence-electron chi connectivity index (χ0n) is 12.2. The van der Waals surface area contributed by atoms with E-state index < -0.39 is 0 Å². The van der Waals surface area contributed by atoms with Crippen LogP contribution < -0.4 is 10.1 Å². The van der Waals surface area contributed by atoms with E-state index in [0.717, 1.165) is 18.5 Å². The van der Waals surface area contributed by atoms with Crippen molar-refractivity contribution in [1.29, 1.82) is 0 Å². The zero-order valence-corrected chi connectivity index (χ0v) is 12.9. The number of benzene rings is 1. The van der Waals surface area contributed by atoms with Crippen LogP contribution in [-0.4, -0.2) is 28.3 Å². The lowest BCUT2D eigenvalue weighted by molar-refractivity contribution is -0.123. The summed E-state index contributed by atoms with van der Waals surface area (Å²) >= 11 is 6.11. The van der Waals surface area contributed by atoms with Crippen LogP contribution in [0.25, 0.3) is 5.69 Å². The van der Waals surface area contributed by atoms with Crippen molar-refractivity contribution in [2.45, 2.75) is 31.7 Å². The molecular weight excluding hydrogens is 302 g/mol. The van der Waals surface area contributed by atoms with Crippen LogP contribution in [0.2, 0.25) is 5.02 Å². The number of carbonyl (C=O) groups excluding carboxylic acids is 1. The van der Waals surface area contributed by atoms with Gasteiger partial charge in [0.05, 0.1) is 11.9 Å². The molecule has 6 heteroatoms. The Kier molecular flexibility index (Phi) is 4.63. The molecule has 0 atom stereocenters. The molecule has 2 aromatic rings. The molecule has 0 aliphatic heterocycles. The van der Waals surface area contributed by atoms with Gasteiger partial charge in [-0.2, -0.15) is 0 Å². The van der Waals surface area contributed by atoms with Gasteiger partial charge in [-0.3, -0.25) is 4.79 Å². The molecule has 22 heavy (non-hydrogen) atoms. The Morgan fingerprint density at radius 1 is 1.32 bits per heavy atom. The Labute approximate surface area is 134 Å². The van der Waals surface area contributed by atoms with E-state index in [-0.39, 0.29) is 24.4 Å². The van der Waals surface area contributed by atoms with Crippen LogP contribution in [0.5, 0.6) is 5.88 Å². The van der Waals surface area contributed by atoms with Crippen LogP contribution in [0.15, 0.2) is 36.5 Å². The molecule has 1 saturated carbocycles. The standard InChI is InChI=1S/C16H18ClN3O2/c17-14-10-20(13-8-2-1-3-9-13)19-16(14)22-11-15(21)18-12-6-4-5-7-12/h1-3,8-10,12H,4-7,11H2,(H,18,21). The normalized spacial score (nSPS) is 15.0. The third-order valence-corrected chi connectivity index (χ3v) is 3.98. The Bertz CT molecular complexity index is 636. The van der Waals surface area contributed by atoms with E-state index in [1.807, 2.05) is 30.3 Å². The first kappa shape index (κ1) is 14.9. The molecule has 116 valence electrons. The Balaban J connectivity index is 1.58. The summed E-state index contributed by atoms with van der Waals surface area (Å²) in [5, 5.41) is 7.62. The molecule has 0 spiro atoms. The Hall–Kier alpha value is -2.01. The summed E-state index contributed by atoms with van der Waals surface area (Å²) in [6, 6.07) is 9.88. The minimum atomic E-state index is -0.128. The first-order valence-corrected chi connectivity index (χ1v) is 7.83. The number of carbonyl (C=O) groups is 1. The van der Waals surface area contributed by atoms with Crippen LogP contribution in [-0.2, 0) is 4.79 Å². The number of hydrogen-bond donors (Lipinski definition) is 1. The highest BCUT2D eigenvalue weighted by Gasteiger charge is 2.18. The molecule has 1 amide bonds. The van der Waals surface area contributed by atoms with E-state index >= 15 is 0 Å². The van der Waals surface area contributed by atoms with Crippen molar-refractivity contribution in [3.8, 4) is 11.6 Å². The van der Waals surface area contributed by atoms with E-state index in [1.165, 1.54) is 12.8 Å². The van der Waals surface area contributed by atoms with Gasteiger partial charge in [0.1, 0.15) is 5.02 Å². The van der Waals surface area contributed by atoms with Crippen LogP contribution in [0, 0.1) is 0 Å². The number of para-hydroxylation sites is 1. The van der Waals surface area contributed by atoms with Crippen LogP contribution >= 0.6 is 11.6 Å². The van der Waals surface area contributed by atoms with Crippen molar-refractivity contribution in [2.75, 3.05) is 6.61 Å². The van der Waals surface area contributed by atoms with Gasteiger partial charge in [0.2, 0.25) is 0 Å². The maximum Gasteiger partial charge on any atom is 0.258 e. The lowest BCUT2D eigenvalue weighted by Gasteiger charge is -2.11. The fourth-order valence-corrected chi connectivity index (χ4v) is 2.81. The summed E-state index contributed by atoms with van der Waals surface area (Å²) in [6.07, 6.45) is 6.13. The smallest absolute Gasteiger partial charge is 0.258 e. The van der Waals surface area contributed by atoms with Gasteiger partial charge in [-0.1, -0.05) is 42.6 Å². The summed E-state index contributed by atoms with van der Waals surface area (Å²) in [4.78, 5) is 11.8. The molecule has 1 aromatic heterocycles. The average Bonchev–Trinajstić information content (AvgIpc) is 3.16. The first-order valence-electron chi connectivity index (χ1n) is 7.45. The maximum atomic E-state index is 11.8. The van der Waals surface area contributed by atoms with Crippen molar-refractivity contribution in [1.82, 2.24) is 15.1 Å². The monoisotopic (exact) mass is 319 g/mol. The summed E-state index contributed by atoms with van der Waals surface area (Å²) in [6.45, 7) is -0.0674. The molecule has 1 aromatic carbocycles. The van der Waals surface area contributed by atoms with Crippen molar-refractivity contribution < 1.29 is 9.53 Å². The molecule has 1 heterocycles. The first-order chi connectivity index (χ1) is 10.7. The van der Waals surface area contributed by atoms with Gasteiger partial charge in [0.15, 0.2) is 6.61 Å². The molecule has 1 N–H and O–H groups in total. The lowest BCUT2D eigenvalue weighted by atomic mass is 10.2. The molecule has 3 rings (SSSR count). The molecule has 5 nitrogen and oxygen atoms in total. The summed E-state index contributed by atoms with van der Waals surface area (Å²) < 4.78 is 7.07. The highest BCUT2D eigenvalue weighted by molar-refractivity contribution is 6.31. The second-order valence-electron chi connectivity index (χ2n) is 5.40. The zero-order chi connectivity index (χ0) is 15.4. The topological polar surface area (TPSA) is 56.1 Å². The maximum absolute atomic E-state index is 11.8. The third kappa shape index (κ3) is 3.60. The van der Waals surface area contributed by atoms with Crippen molar-refractivity contribution in [3.63, 3.8) is 0 Å². The van der Waals surface area contributed by atoms with Crippen molar-refractivity contribution in [2.24, 2.45) is 0 Å². The third-order valence-electron chi connectivity index (χ3n) is 3.72. The molecule has 1 aliphatic rings. The highest BCUT2D eigenvalue weighted by Crippen LogP contribution is 2.24. The summed E-state index contributed by atoms with van der Waals surface area (Å²) in [5.74, 6) is 0.143. The predicted octanol–water partition coefficient (Wildman–Crippen LogP) is 2.96. The number of rotatable bonds is 5. The number of amides is 1. The van der Waals surface area contributed by atoms with Gasteiger partial charge >= 0.3 is 0 Å². The number of nitrogens with zero attached hydrogens (tertiary/aromatic N) is 2. The highest BCUT2D eigenvalue weighted by atomic mass is 35.5. The van der Waals surface area contributed by atoms with Crippen LogP contribution in [0.1, 0.15) is 25.7 Å². The van der Waals surface area contributed by atoms with Crippen molar-refractivity contribution in [3.05, 3.63) is 41.6 Å². The van der Waals surface area contributed by atoms with Gasteiger partial charge in [-0.05, 0) is 25.0 Å². The lowest BCUT2D eigenvalue weighted by Crippen LogP contribution is -2.36. The Morgan fingerprint density at radius 2 is 2.05 bits per heavy atom. The van der Waals surface area contributed by atoms with Gasteiger partial charge in [0.25, 0.3) is 11.8 Å². The minimum absolute atomic E-state index is 0.0674. The SMILES string of the molecule is O=C(COc1nn(-c2ccccc2)cc1Cl)NC1CCCC1. The molecule has 1 aliphatic carbocycles. The van der Waals surface area contributed by atoms with E-state index in [4.69, 9.17) is 16.3 Å². The number of aromatic nitrogens is 2. The largest absolute Gasteiger partial charge is 0.465 e. The second-order valence-corrected chi connectivity index (χ2v) is 5.81. The number of ether oxygens (including phenoxy) is 1. The van der Waals surface area contributed by atoms with Crippen molar-refractivity contribution >= 4 is 17.5 Å². The van der Waals surface area contributed by atoms with E-state index in [2.05, 4.69) is 10.4 Å². The molecule has 0 unspecified atom stereocenters. The van der Waals surface area contributed by atoms with Gasteiger partial charge in [-0.25, -0.2) is 4.68 Å². The summed E-state index contributed by atoms with van der Waals surface area (Å²) in [5.41, 5.74) is 0.884. The van der Waals surface area contributed by atoms with Gasteiger partial charge in [-0.15, -0.1) is 5.10 Å². The number of nitrogens with one attached hydrogen (secondary N) is 1. The van der Waals surface area contributed by atoms with Crippen LogP contribution in [0.4, 0.5) is 0 Å². The predicted molar refractivity (Wildman–Crippen MR) is 84.5 cm³/mol. The number of halogens is 1. The second kappa shape index (κ2) is 6.83. The fourth-order valence-electron chi connectivity index (χ4n) is 2.62. The molecule has 1 fully saturated rings. The molecular formula is C16H18ClN3O2. The molecule has 0 radical (unpaired) electrons. The molecule has 0 bridgehead atoms. The quantitative estimate of drug-likeness (QED) is 0.921. The van der Waals surface area contributed by atoms with E-state index in [9.17, 15) is 4.79 Å². The van der Waals surface area contributed by atoms with Gasteiger partial charge < -0.3 is 10.1 Å². The van der Waals surface area contributed by atoms with E-state index in [0.29, 0.717) is 5.02 Å². The Morgan fingerprint density at radius 3 is 2.77 bits per heavy atom. The van der Waals surface area contributed by atoms with Crippen LogP contribution in [0.3, 0.4) is 0 Å². The summed E-state index contributed by atoms with van der Waals surface area (Å²) in [7, 11) is 0.